The van der Waals surface area contributed by atoms with E-state index >= 15 is 0 Å². The fourth-order valence-corrected chi connectivity index (χ4v) is 2.05. The highest BCUT2D eigenvalue weighted by molar-refractivity contribution is 6.04. The molecule has 5 heteroatoms. The van der Waals surface area contributed by atoms with Gasteiger partial charge in [-0.15, -0.1) is 0 Å². The third kappa shape index (κ3) is 1.84. The van der Waals surface area contributed by atoms with Gasteiger partial charge in [0.15, 0.2) is 0 Å². The molecular weight excluding hydrogens is 220 g/mol. The molecule has 0 bridgehead atoms. The Balaban J connectivity index is 2.55. The molecule has 0 atom stereocenters. The number of amides is 1. The summed E-state index contributed by atoms with van der Waals surface area (Å²) in [6, 6.07) is 4.85. The standard InChI is InChI=1S/C12H14N2O3/c1-3-14-10-6-8(12(16)17)4-5-9(10)13(2)7-11(14)15/h4-6H,3,7H2,1-2H3,(H,16,17). The minimum atomic E-state index is -0.982. The number of benzene rings is 1. The van der Waals surface area contributed by atoms with Crippen LogP contribution in [-0.4, -0.2) is 37.1 Å². The fourth-order valence-electron chi connectivity index (χ4n) is 2.05. The van der Waals surface area contributed by atoms with Crippen LogP contribution < -0.4 is 9.80 Å². The number of carboxylic acids is 1. The van der Waals surface area contributed by atoms with Crippen molar-refractivity contribution in [1.82, 2.24) is 0 Å². The number of carbonyl (C=O) groups is 2. The van der Waals surface area contributed by atoms with Gasteiger partial charge in [0, 0.05) is 13.6 Å². The number of anilines is 2. The topological polar surface area (TPSA) is 60.9 Å². The zero-order valence-corrected chi connectivity index (χ0v) is 9.80. The minimum absolute atomic E-state index is 0.00922. The number of hydrogen-bond donors (Lipinski definition) is 1. The number of carboxylic acid groups (broad SMARTS) is 1. The van der Waals surface area contributed by atoms with Crippen LogP contribution in [0.2, 0.25) is 0 Å². The van der Waals surface area contributed by atoms with Crippen LogP contribution in [0.5, 0.6) is 0 Å². The Bertz CT molecular complexity index is 485. The van der Waals surface area contributed by atoms with E-state index in [0.717, 1.165) is 5.69 Å². The summed E-state index contributed by atoms with van der Waals surface area (Å²) in [5.74, 6) is -0.991. The second kappa shape index (κ2) is 4.08. The molecule has 2 rings (SSSR count). The molecule has 0 aliphatic carbocycles. The number of likely N-dealkylation sites (N-methyl/N-ethyl adjacent to an activating group) is 2. The summed E-state index contributed by atoms with van der Waals surface area (Å²) in [6.07, 6.45) is 0. The molecule has 0 saturated heterocycles. The van der Waals surface area contributed by atoms with Crippen molar-refractivity contribution in [3.8, 4) is 0 Å². The summed E-state index contributed by atoms with van der Waals surface area (Å²) >= 11 is 0. The summed E-state index contributed by atoms with van der Waals surface area (Å²) in [5.41, 5.74) is 1.76. The number of nitrogens with zero attached hydrogens (tertiary/aromatic N) is 2. The maximum atomic E-state index is 11.8. The van der Waals surface area contributed by atoms with Crippen molar-refractivity contribution < 1.29 is 14.7 Å². The Morgan fingerprint density at radius 3 is 2.71 bits per heavy atom. The third-order valence-corrected chi connectivity index (χ3v) is 2.91. The van der Waals surface area contributed by atoms with Gasteiger partial charge in [-0.05, 0) is 25.1 Å². The van der Waals surface area contributed by atoms with Crippen LogP contribution >= 0.6 is 0 Å². The lowest BCUT2D eigenvalue weighted by molar-refractivity contribution is -0.117. The van der Waals surface area contributed by atoms with Gasteiger partial charge in [-0.1, -0.05) is 0 Å². The van der Waals surface area contributed by atoms with Gasteiger partial charge in [0.2, 0.25) is 5.91 Å². The Hall–Kier alpha value is -2.04. The van der Waals surface area contributed by atoms with Crippen molar-refractivity contribution in [2.24, 2.45) is 0 Å². The first-order valence-electron chi connectivity index (χ1n) is 5.43. The lowest BCUT2D eigenvalue weighted by Crippen LogP contribution is -2.44. The number of fused-ring (bicyclic) bond motifs is 1. The molecule has 0 spiro atoms. The van der Waals surface area contributed by atoms with Gasteiger partial charge in [0.05, 0.1) is 23.5 Å². The minimum Gasteiger partial charge on any atom is -0.478 e. The summed E-state index contributed by atoms with van der Waals surface area (Å²) < 4.78 is 0. The Labute approximate surface area is 99.3 Å². The Kier molecular flexibility index (Phi) is 2.75. The predicted octanol–water partition coefficient (Wildman–Crippen LogP) is 1.19. The van der Waals surface area contributed by atoms with Crippen LogP contribution in [0.15, 0.2) is 18.2 Å². The fraction of sp³-hybridized carbons (Fsp3) is 0.333. The first-order chi connectivity index (χ1) is 8.04. The summed E-state index contributed by atoms with van der Waals surface area (Å²) in [7, 11) is 1.82. The van der Waals surface area contributed by atoms with Crippen LogP contribution in [0.3, 0.4) is 0 Å². The third-order valence-electron chi connectivity index (χ3n) is 2.91. The van der Waals surface area contributed by atoms with Crippen molar-refractivity contribution in [1.29, 1.82) is 0 Å². The molecule has 5 nitrogen and oxygen atoms in total. The Morgan fingerprint density at radius 1 is 1.41 bits per heavy atom. The number of aromatic carboxylic acids is 1. The summed E-state index contributed by atoms with van der Waals surface area (Å²) in [6.45, 7) is 2.75. The zero-order valence-electron chi connectivity index (χ0n) is 9.80. The summed E-state index contributed by atoms with van der Waals surface area (Å²) in [5, 5.41) is 8.96. The molecule has 1 N–H and O–H groups in total. The van der Waals surface area contributed by atoms with Gasteiger partial charge in [-0.3, -0.25) is 4.79 Å². The highest BCUT2D eigenvalue weighted by atomic mass is 16.4. The molecule has 0 fully saturated rings. The lowest BCUT2D eigenvalue weighted by atomic mass is 10.1. The van der Waals surface area contributed by atoms with E-state index in [2.05, 4.69) is 0 Å². The maximum Gasteiger partial charge on any atom is 0.335 e. The van der Waals surface area contributed by atoms with E-state index in [1.54, 1.807) is 23.1 Å². The molecule has 1 amide bonds. The van der Waals surface area contributed by atoms with E-state index in [-0.39, 0.29) is 11.5 Å². The van der Waals surface area contributed by atoms with E-state index in [1.165, 1.54) is 0 Å². The van der Waals surface area contributed by atoms with E-state index < -0.39 is 5.97 Å². The Morgan fingerprint density at radius 2 is 2.12 bits per heavy atom. The molecule has 1 aromatic carbocycles. The molecule has 1 aliphatic heterocycles. The molecule has 1 aliphatic rings. The smallest absolute Gasteiger partial charge is 0.335 e. The predicted molar refractivity (Wildman–Crippen MR) is 64.7 cm³/mol. The molecule has 0 aromatic heterocycles. The average Bonchev–Trinajstić information content (AvgIpc) is 2.28. The van der Waals surface area contributed by atoms with Gasteiger partial charge in [0.1, 0.15) is 0 Å². The number of hydrogen-bond acceptors (Lipinski definition) is 3. The van der Waals surface area contributed by atoms with Gasteiger partial charge in [0.25, 0.3) is 0 Å². The first kappa shape index (κ1) is 11.4. The van der Waals surface area contributed by atoms with E-state index in [9.17, 15) is 9.59 Å². The zero-order chi connectivity index (χ0) is 12.6. The van der Waals surface area contributed by atoms with Crippen LogP contribution in [0.1, 0.15) is 17.3 Å². The molecular formula is C12H14N2O3. The second-order valence-electron chi connectivity index (χ2n) is 4.00. The van der Waals surface area contributed by atoms with Gasteiger partial charge < -0.3 is 14.9 Å². The van der Waals surface area contributed by atoms with E-state index in [1.807, 2.05) is 18.9 Å². The highest BCUT2D eigenvalue weighted by Gasteiger charge is 2.26. The monoisotopic (exact) mass is 234 g/mol. The van der Waals surface area contributed by atoms with Crippen molar-refractivity contribution >= 4 is 23.3 Å². The SMILES string of the molecule is CCN1C(=O)CN(C)c2ccc(C(=O)O)cc21. The van der Waals surface area contributed by atoms with Crippen LogP contribution in [-0.2, 0) is 4.79 Å². The normalized spacial score (nSPS) is 14.8. The van der Waals surface area contributed by atoms with Crippen LogP contribution in [0, 0.1) is 0 Å². The molecule has 1 heterocycles. The molecule has 90 valence electrons. The van der Waals surface area contributed by atoms with Crippen LogP contribution in [0.25, 0.3) is 0 Å². The number of rotatable bonds is 2. The van der Waals surface area contributed by atoms with E-state index in [4.69, 9.17) is 5.11 Å². The molecule has 0 saturated carbocycles. The van der Waals surface area contributed by atoms with Crippen molar-refractivity contribution in [3.05, 3.63) is 23.8 Å². The largest absolute Gasteiger partial charge is 0.478 e. The number of carbonyl (C=O) groups excluding carboxylic acids is 1. The van der Waals surface area contributed by atoms with Gasteiger partial charge >= 0.3 is 5.97 Å². The van der Waals surface area contributed by atoms with Crippen molar-refractivity contribution in [2.75, 3.05) is 29.9 Å². The quantitative estimate of drug-likeness (QED) is 0.835. The lowest BCUT2D eigenvalue weighted by Gasteiger charge is -2.34. The molecule has 0 unspecified atom stereocenters. The van der Waals surface area contributed by atoms with E-state index in [0.29, 0.717) is 18.8 Å². The molecule has 1 aromatic rings. The maximum absolute atomic E-state index is 11.8. The van der Waals surface area contributed by atoms with Crippen molar-refractivity contribution in [3.63, 3.8) is 0 Å². The van der Waals surface area contributed by atoms with Gasteiger partial charge in [-0.2, -0.15) is 0 Å². The van der Waals surface area contributed by atoms with Gasteiger partial charge in [-0.25, -0.2) is 4.79 Å². The first-order valence-corrected chi connectivity index (χ1v) is 5.43. The van der Waals surface area contributed by atoms with Crippen LogP contribution in [0.4, 0.5) is 11.4 Å². The average molecular weight is 234 g/mol. The second-order valence-corrected chi connectivity index (χ2v) is 4.00. The molecule has 17 heavy (non-hydrogen) atoms. The highest BCUT2D eigenvalue weighted by Crippen LogP contribution is 2.33. The van der Waals surface area contributed by atoms with Crippen molar-refractivity contribution in [2.45, 2.75) is 6.92 Å². The summed E-state index contributed by atoms with van der Waals surface area (Å²) in [4.78, 5) is 26.2. The molecule has 0 radical (unpaired) electrons.